The molecule has 2 unspecified atom stereocenters. The van der Waals surface area contributed by atoms with Crippen molar-refractivity contribution in [1.82, 2.24) is 5.32 Å². The first-order valence-corrected chi connectivity index (χ1v) is 7.36. The van der Waals surface area contributed by atoms with Crippen molar-refractivity contribution in [2.24, 2.45) is 5.92 Å². The molecule has 2 atom stereocenters. The zero-order valence-corrected chi connectivity index (χ0v) is 12.0. The van der Waals surface area contributed by atoms with Gasteiger partial charge >= 0.3 is 5.97 Å². The molecule has 3 N–H and O–H groups in total. The number of halogens is 1. The molecule has 0 radical (unpaired) electrons. The van der Waals surface area contributed by atoms with E-state index >= 15 is 0 Å². The third-order valence-electron chi connectivity index (χ3n) is 4.19. The lowest BCUT2D eigenvalue weighted by Crippen LogP contribution is -2.17. The molecular weight excluding hydrogens is 310 g/mol. The Morgan fingerprint density at radius 3 is 2.89 bits per heavy atom. The number of carbonyl (C=O) groups is 1. The van der Waals surface area contributed by atoms with Gasteiger partial charge in [0.05, 0.1) is 10.4 Å². The summed E-state index contributed by atoms with van der Waals surface area (Å²) in [4.78, 5) is 11.0. The summed E-state index contributed by atoms with van der Waals surface area (Å²) in [5, 5.41) is 22.6. The summed E-state index contributed by atoms with van der Waals surface area (Å²) >= 11 is 3.48. The Balaban J connectivity index is 1.94. The van der Waals surface area contributed by atoms with Gasteiger partial charge in [0.1, 0.15) is 5.75 Å². The van der Waals surface area contributed by atoms with Gasteiger partial charge in [0.25, 0.3) is 0 Å². The Labute approximate surface area is 120 Å². The molecule has 0 spiro atoms. The number of benzene rings is 1. The zero-order chi connectivity index (χ0) is 13.6. The number of fused-ring (bicyclic) bond motifs is 1. The van der Waals surface area contributed by atoms with Crippen LogP contribution in [-0.2, 0) is 17.6 Å². The summed E-state index contributed by atoms with van der Waals surface area (Å²) in [5.41, 5.74) is 3.31. The number of phenols is 1. The summed E-state index contributed by atoms with van der Waals surface area (Å²) in [6, 6.07) is 1.98. The molecule has 102 valence electrons. The predicted octanol–water partition coefficient (Wildman–Crippen LogP) is 2.38. The first kappa shape index (κ1) is 12.9. The normalized spacial score (nSPS) is 25.5. The van der Waals surface area contributed by atoms with E-state index in [9.17, 15) is 9.90 Å². The number of rotatable bonds is 2. The fourth-order valence-corrected chi connectivity index (χ4v) is 3.81. The molecule has 1 heterocycles. The van der Waals surface area contributed by atoms with E-state index in [2.05, 4.69) is 21.2 Å². The number of carboxylic acids is 1. The highest BCUT2D eigenvalue weighted by Crippen LogP contribution is 2.42. The van der Waals surface area contributed by atoms with E-state index in [1.165, 1.54) is 11.1 Å². The lowest BCUT2D eigenvalue weighted by Gasteiger charge is -2.16. The Morgan fingerprint density at radius 2 is 2.21 bits per heavy atom. The van der Waals surface area contributed by atoms with Crippen molar-refractivity contribution in [3.63, 3.8) is 0 Å². The fourth-order valence-electron chi connectivity index (χ4n) is 3.13. The molecule has 2 aliphatic rings. The number of hydrogen-bond donors (Lipinski definition) is 3. The lowest BCUT2D eigenvalue weighted by molar-refractivity contribution is -0.141. The molecule has 1 saturated heterocycles. The van der Waals surface area contributed by atoms with E-state index in [1.807, 2.05) is 6.07 Å². The van der Waals surface area contributed by atoms with Crippen LogP contribution in [0.2, 0.25) is 0 Å². The van der Waals surface area contributed by atoms with E-state index in [0.717, 1.165) is 29.3 Å². The van der Waals surface area contributed by atoms with Crippen LogP contribution in [0.25, 0.3) is 0 Å². The van der Waals surface area contributed by atoms with Crippen LogP contribution < -0.4 is 5.32 Å². The first-order chi connectivity index (χ1) is 9.08. The Bertz CT molecular complexity index is 544. The second kappa shape index (κ2) is 4.80. The molecule has 1 aromatic rings. The number of aliphatic carboxylic acids is 1. The van der Waals surface area contributed by atoms with Gasteiger partial charge in [-0.3, -0.25) is 4.79 Å². The molecule has 0 saturated carbocycles. The van der Waals surface area contributed by atoms with Gasteiger partial charge < -0.3 is 15.5 Å². The molecule has 5 heteroatoms. The van der Waals surface area contributed by atoms with Crippen LogP contribution in [-0.4, -0.2) is 22.7 Å². The van der Waals surface area contributed by atoms with Gasteiger partial charge in [-0.2, -0.15) is 0 Å². The third kappa shape index (κ3) is 2.15. The van der Waals surface area contributed by atoms with Crippen molar-refractivity contribution in [2.45, 2.75) is 31.7 Å². The van der Waals surface area contributed by atoms with Gasteiger partial charge in [-0.1, -0.05) is 6.07 Å². The van der Waals surface area contributed by atoms with Crippen molar-refractivity contribution < 1.29 is 15.0 Å². The van der Waals surface area contributed by atoms with Gasteiger partial charge in [-0.15, -0.1) is 0 Å². The van der Waals surface area contributed by atoms with Gasteiger partial charge in [-0.25, -0.2) is 0 Å². The standard InChI is InChI=1S/C14H16BrNO3/c15-12-9-3-1-2-7(9)4-10(13(12)17)11-5-8(6-16-11)14(18)19/h4,8,11,16-17H,1-3,5-6H2,(H,18,19). The molecule has 19 heavy (non-hydrogen) atoms. The molecule has 0 aromatic heterocycles. The minimum Gasteiger partial charge on any atom is -0.506 e. The Hall–Kier alpha value is -1.07. The smallest absolute Gasteiger partial charge is 0.307 e. The SMILES string of the molecule is O=C(O)C1CNC(c2cc3c(c(Br)c2O)CCC3)C1. The molecule has 1 aliphatic heterocycles. The van der Waals surface area contributed by atoms with E-state index in [1.54, 1.807) is 0 Å². The summed E-state index contributed by atoms with van der Waals surface area (Å²) in [6.45, 7) is 0.466. The highest BCUT2D eigenvalue weighted by Gasteiger charge is 2.33. The number of nitrogens with one attached hydrogen (secondary N) is 1. The number of hydrogen-bond acceptors (Lipinski definition) is 3. The van der Waals surface area contributed by atoms with Crippen molar-refractivity contribution in [2.75, 3.05) is 6.54 Å². The zero-order valence-electron chi connectivity index (χ0n) is 10.4. The number of aromatic hydroxyl groups is 1. The van der Waals surface area contributed by atoms with Gasteiger partial charge in [0, 0.05) is 18.2 Å². The highest BCUT2D eigenvalue weighted by atomic mass is 79.9. The Morgan fingerprint density at radius 1 is 1.42 bits per heavy atom. The number of aryl methyl sites for hydroxylation is 1. The molecule has 4 nitrogen and oxygen atoms in total. The Kier molecular flexibility index (Phi) is 3.27. The predicted molar refractivity (Wildman–Crippen MR) is 74.3 cm³/mol. The second-order valence-corrected chi connectivity index (χ2v) is 6.14. The van der Waals surface area contributed by atoms with Crippen LogP contribution in [0, 0.1) is 5.92 Å². The topological polar surface area (TPSA) is 69.6 Å². The van der Waals surface area contributed by atoms with Crippen molar-refractivity contribution in [1.29, 1.82) is 0 Å². The first-order valence-electron chi connectivity index (χ1n) is 6.57. The van der Waals surface area contributed by atoms with Gasteiger partial charge in [-0.05, 0) is 52.7 Å². The third-order valence-corrected chi connectivity index (χ3v) is 5.05. The lowest BCUT2D eigenvalue weighted by atomic mass is 9.96. The van der Waals surface area contributed by atoms with E-state index in [0.29, 0.717) is 13.0 Å². The quantitative estimate of drug-likeness (QED) is 0.780. The molecular formula is C14H16BrNO3. The fraction of sp³-hybridized carbons (Fsp3) is 0.500. The monoisotopic (exact) mass is 325 g/mol. The second-order valence-electron chi connectivity index (χ2n) is 5.35. The molecule has 1 aromatic carbocycles. The van der Waals surface area contributed by atoms with E-state index in [4.69, 9.17) is 5.11 Å². The minimum atomic E-state index is -0.769. The molecule has 0 amide bonds. The molecule has 1 fully saturated rings. The van der Waals surface area contributed by atoms with Crippen LogP contribution in [0.5, 0.6) is 5.75 Å². The summed E-state index contributed by atoms with van der Waals surface area (Å²) in [6.07, 6.45) is 3.69. The largest absolute Gasteiger partial charge is 0.506 e. The van der Waals surface area contributed by atoms with Crippen LogP contribution in [0.3, 0.4) is 0 Å². The van der Waals surface area contributed by atoms with Crippen LogP contribution in [0.4, 0.5) is 0 Å². The maximum absolute atomic E-state index is 11.0. The van der Waals surface area contributed by atoms with Crippen LogP contribution in [0.1, 0.15) is 35.6 Å². The number of phenolic OH excluding ortho intramolecular Hbond substituents is 1. The average molecular weight is 326 g/mol. The maximum Gasteiger partial charge on any atom is 0.307 e. The van der Waals surface area contributed by atoms with Crippen molar-refractivity contribution >= 4 is 21.9 Å². The van der Waals surface area contributed by atoms with E-state index in [-0.39, 0.29) is 17.7 Å². The van der Waals surface area contributed by atoms with Crippen molar-refractivity contribution in [3.8, 4) is 5.75 Å². The van der Waals surface area contributed by atoms with E-state index < -0.39 is 5.97 Å². The number of carboxylic acid groups (broad SMARTS) is 1. The summed E-state index contributed by atoms with van der Waals surface area (Å²) in [5.74, 6) is -0.865. The summed E-state index contributed by atoms with van der Waals surface area (Å²) in [7, 11) is 0. The average Bonchev–Trinajstić information content (AvgIpc) is 3.01. The van der Waals surface area contributed by atoms with Gasteiger partial charge in [0.2, 0.25) is 0 Å². The van der Waals surface area contributed by atoms with Crippen LogP contribution in [0.15, 0.2) is 10.5 Å². The highest BCUT2D eigenvalue weighted by molar-refractivity contribution is 9.10. The summed E-state index contributed by atoms with van der Waals surface area (Å²) < 4.78 is 0.790. The van der Waals surface area contributed by atoms with Crippen molar-refractivity contribution in [3.05, 3.63) is 27.2 Å². The minimum absolute atomic E-state index is 0.0664. The maximum atomic E-state index is 11.0. The molecule has 3 rings (SSSR count). The molecule has 1 aliphatic carbocycles. The molecule has 0 bridgehead atoms. The van der Waals surface area contributed by atoms with Gasteiger partial charge in [0.15, 0.2) is 0 Å². The van der Waals surface area contributed by atoms with Crippen LogP contribution >= 0.6 is 15.9 Å².